The molecule has 4 rings (SSSR count). The highest BCUT2D eigenvalue weighted by Gasteiger charge is 2.30. The number of benzene rings is 2. The van der Waals surface area contributed by atoms with Crippen molar-refractivity contribution >= 4 is 0 Å². The fourth-order valence-electron chi connectivity index (χ4n) is 4.07. The topological polar surface area (TPSA) is 47.5 Å². The molecule has 2 aromatic carbocycles. The van der Waals surface area contributed by atoms with Crippen molar-refractivity contribution in [3.05, 3.63) is 82.9 Å². The van der Waals surface area contributed by atoms with Gasteiger partial charge in [0, 0.05) is 37.5 Å². The summed E-state index contributed by atoms with van der Waals surface area (Å²) in [4.78, 5) is 11.5. The quantitative estimate of drug-likeness (QED) is 0.632. The lowest BCUT2D eigenvalue weighted by molar-refractivity contribution is 0.203. The fraction of sp³-hybridized carbons (Fsp3) is 0.333. The second-order valence-corrected chi connectivity index (χ2v) is 7.30. The Morgan fingerprint density at radius 1 is 1.00 bits per heavy atom. The molecule has 0 aliphatic carbocycles. The van der Waals surface area contributed by atoms with E-state index in [1.54, 1.807) is 14.2 Å². The maximum Gasteiger partial charge on any atom is 0.161 e. The third-order valence-electron chi connectivity index (χ3n) is 5.55. The minimum atomic E-state index is 0.144. The van der Waals surface area contributed by atoms with Crippen LogP contribution in [0.15, 0.2) is 54.9 Å². The van der Waals surface area contributed by atoms with Crippen LogP contribution in [-0.2, 0) is 19.4 Å². The first-order valence-corrected chi connectivity index (χ1v) is 10.1. The molecule has 0 bridgehead atoms. The summed E-state index contributed by atoms with van der Waals surface area (Å²) in [6, 6.07) is 15.0. The molecule has 0 amide bonds. The molecule has 29 heavy (non-hydrogen) atoms. The van der Waals surface area contributed by atoms with Crippen molar-refractivity contribution in [1.82, 2.24) is 14.9 Å². The number of methoxy groups -OCH3 is 2. The fourth-order valence-corrected chi connectivity index (χ4v) is 4.07. The van der Waals surface area contributed by atoms with Gasteiger partial charge in [-0.05, 0) is 35.2 Å². The average Bonchev–Trinajstić information content (AvgIpc) is 2.79. The highest BCUT2D eigenvalue weighted by Crippen LogP contribution is 2.41. The van der Waals surface area contributed by atoms with Gasteiger partial charge >= 0.3 is 0 Å². The zero-order valence-corrected chi connectivity index (χ0v) is 17.3. The first kappa shape index (κ1) is 19.4. The minimum Gasteiger partial charge on any atom is -0.493 e. The van der Waals surface area contributed by atoms with Crippen molar-refractivity contribution in [3.8, 4) is 11.5 Å². The van der Waals surface area contributed by atoms with E-state index in [4.69, 9.17) is 9.47 Å². The molecule has 0 N–H and O–H groups in total. The average molecular weight is 389 g/mol. The van der Waals surface area contributed by atoms with Gasteiger partial charge in [-0.1, -0.05) is 37.3 Å². The Hall–Kier alpha value is -2.92. The molecule has 0 saturated heterocycles. The summed E-state index contributed by atoms with van der Waals surface area (Å²) in [5.41, 5.74) is 4.98. The van der Waals surface area contributed by atoms with Crippen LogP contribution in [0.1, 0.15) is 41.0 Å². The summed E-state index contributed by atoms with van der Waals surface area (Å²) in [6.45, 7) is 3.83. The van der Waals surface area contributed by atoms with Crippen LogP contribution in [-0.4, -0.2) is 35.6 Å². The van der Waals surface area contributed by atoms with Gasteiger partial charge in [-0.15, -0.1) is 0 Å². The van der Waals surface area contributed by atoms with E-state index in [-0.39, 0.29) is 6.04 Å². The number of aryl methyl sites for hydroxylation is 1. The van der Waals surface area contributed by atoms with Gasteiger partial charge < -0.3 is 9.47 Å². The molecule has 1 aromatic heterocycles. The summed E-state index contributed by atoms with van der Waals surface area (Å²) in [7, 11) is 3.38. The third-order valence-corrected chi connectivity index (χ3v) is 5.55. The van der Waals surface area contributed by atoms with E-state index in [1.807, 2.05) is 12.4 Å². The van der Waals surface area contributed by atoms with E-state index in [0.717, 1.165) is 48.8 Å². The first-order valence-electron chi connectivity index (χ1n) is 10.1. The molecule has 5 nitrogen and oxygen atoms in total. The summed E-state index contributed by atoms with van der Waals surface area (Å²) < 4.78 is 11.1. The molecule has 1 atom stereocenters. The van der Waals surface area contributed by atoms with Crippen LogP contribution in [0.5, 0.6) is 11.5 Å². The summed E-state index contributed by atoms with van der Waals surface area (Å²) in [6.07, 6.45) is 5.73. The predicted octanol–water partition coefficient (Wildman–Crippen LogP) is 4.20. The normalized spacial score (nSPS) is 16.3. The predicted molar refractivity (Wildman–Crippen MR) is 113 cm³/mol. The van der Waals surface area contributed by atoms with Gasteiger partial charge in [-0.25, -0.2) is 9.97 Å². The summed E-state index contributed by atoms with van der Waals surface area (Å²) >= 11 is 0. The van der Waals surface area contributed by atoms with Crippen molar-refractivity contribution in [1.29, 1.82) is 0 Å². The van der Waals surface area contributed by atoms with Crippen molar-refractivity contribution in [2.24, 2.45) is 0 Å². The molecule has 5 heteroatoms. The molecule has 1 aliphatic heterocycles. The van der Waals surface area contributed by atoms with E-state index in [0.29, 0.717) is 0 Å². The molecule has 0 saturated carbocycles. The van der Waals surface area contributed by atoms with Crippen LogP contribution in [0, 0.1) is 0 Å². The van der Waals surface area contributed by atoms with Crippen LogP contribution < -0.4 is 9.47 Å². The Balaban J connectivity index is 1.74. The number of rotatable bonds is 6. The van der Waals surface area contributed by atoms with E-state index in [2.05, 4.69) is 64.3 Å². The highest BCUT2D eigenvalue weighted by atomic mass is 16.5. The van der Waals surface area contributed by atoms with Crippen molar-refractivity contribution in [2.45, 2.75) is 32.4 Å². The molecule has 0 unspecified atom stereocenters. The SMILES string of the molecule is CCc1ncc(CN2CCc3cc(OC)c(OC)cc3[C@@H]2c2ccccc2)cn1. The number of aromatic nitrogens is 2. The first-order chi connectivity index (χ1) is 14.2. The molecule has 3 aromatic rings. The lowest BCUT2D eigenvalue weighted by atomic mass is 9.87. The molecule has 2 heterocycles. The Morgan fingerprint density at radius 2 is 1.69 bits per heavy atom. The van der Waals surface area contributed by atoms with Crippen LogP contribution in [0.25, 0.3) is 0 Å². The van der Waals surface area contributed by atoms with Gasteiger partial charge in [-0.3, -0.25) is 4.90 Å². The van der Waals surface area contributed by atoms with Crippen LogP contribution in [0.2, 0.25) is 0 Å². The number of ether oxygens (including phenoxy) is 2. The van der Waals surface area contributed by atoms with E-state index < -0.39 is 0 Å². The van der Waals surface area contributed by atoms with Crippen molar-refractivity contribution in [2.75, 3.05) is 20.8 Å². The monoisotopic (exact) mass is 389 g/mol. The van der Waals surface area contributed by atoms with Crippen LogP contribution in [0.4, 0.5) is 0 Å². The van der Waals surface area contributed by atoms with Crippen molar-refractivity contribution in [3.63, 3.8) is 0 Å². The zero-order valence-electron chi connectivity index (χ0n) is 17.3. The molecular formula is C24H27N3O2. The lowest BCUT2D eigenvalue weighted by Gasteiger charge is -2.38. The second kappa shape index (κ2) is 8.62. The number of hydrogen-bond donors (Lipinski definition) is 0. The highest BCUT2D eigenvalue weighted by molar-refractivity contribution is 5.51. The van der Waals surface area contributed by atoms with Crippen LogP contribution >= 0.6 is 0 Å². The maximum absolute atomic E-state index is 5.60. The zero-order chi connectivity index (χ0) is 20.2. The van der Waals surface area contributed by atoms with Gasteiger partial charge in [0.05, 0.1) is 20.3 Å². The van der Waals surface area contributed by atoms with E-state index in [1.165, 1.54) is 16.7 Å². The molecule has 0 radical (unpaired) electrons. The Bertz CT molecular complexity index is 958. The van der Waals surface area contributed by atoms with Gasteiger partial charge in [0.25, 0.3) is 0 Å². The second-order valence-electron chi connectivity index (χ2n) is 7.30. The van der Waals surface area contributed by atoms with Crippen LogP contribution in [0.3, 0.4) is 0 Å². The standard InChI is InChI=1S/C24H27N3O2/c1-4-23-25-14-17(15-26-23)16-27-11-10-19-12-21(28-2)22(29-3)13-20(19)24(27)18-8-6-5-7-9-18/h5-9,12-15,24H,4,10-11,16H2,1-3H3/t24-/m0/s1. The number of nitrogens with zero attached hydrogens (tertiary/aromatic N) is 3. The van der Waals surface area contributed by atoms with E-state index in [9.17, 15) is 0 Å². The maximum atomic E-state index is 5.60. The largest absolute Gasteiger partial charge is 0.493 e. The molecule has 0 fully saturated rings. The third kappa shape index (κ3) is 3.96. The Labute approximate surface area is 172 Å². The van der Waals surface area contributed by atoms with Gasteiger partial charge in [0.15, 0.2) is 11.5 Å². The van der Waals surface area contributed by atoms with Crippen molar-refractivity contribution < 1.29 is 9.47 Å². The van der Waals surface area contributed by atoms with Gasteiger partial charge in [0.1, 0.15) is 5.82 Å². The lowest BCUT2D eigenvalue weighted by Crippen LogP contribution is -2.35. The summed E-state index contributed by atoms with van der Waals surface area (Å²) in [5.74, 6) is 2.44. The number of fused-ring (bicyclic) bond motifs is 1. The smallest absolute Gasteiger partial charge is 0.161 e. The molecule has 150 valence electrons. The minimum absolute atomic E-state index is 0.144. The Morgan fingerprint density at radius 3 is 2.34 bits per heavy atom. The Kier molecular flexibility index (Phi) is 5.76. The summed E-state index contributed by atoms with van der Waals surface area (Å²) in [5, 5.41) is 0. The molecular weight excluding hydrogens is 362 g/mol. The van der Waals surface area contributed by atoms with Gasteiger partial charge in [0.2, 0.25) is 0 Å². The van der Waals surface area contributed by atoms with E-state index >= 15 is 0 Å². The number of hydrogen-bond acceptors (Lipinski definition) is 5. The van der Waals surface area contributed by atoms with Gasteiger partial charge in [-0.2, -0.15) is 0 Å². The molecule has 1 aliphatic rings. The molecule has 0 spiro atoms.